The minimum absolute atomic E-state index is 0. The van der Waals surface area contributed by atoms with E-state index in [0.717, 1.165) is 12.8 Å². The Morgan fingerprint density at radius 2 is 0.913 bits per heavy atom. The first kappa shape index (κ1) is 21.1. The Bertz CT molecular complexity index is 424. The molecule has 0 nitrogen and oxygen atoms in total. The van der Waals surface area contributed by atoms with E-state index < -0.39 is 0 Å². The standard InChI is InChI=1S/2C6H5.2C5H5.Ti/c2*1-2-4-6-5-3-1;2*1-2-4-5-3-1;/h2*1-5H;2*1-3H,4H2;/q4*-1;+4. The Balaban J connectivity index is 0.000000278. The maximum Gasteiger partial charge on any atom is 4.00 e. The van der Waals surface area contributed by atoms with E-state index in [4.69, 9.17) is 0 Å². The maximum absolute atomic E-state index is 2.99. The number of rotatable bonds is 0. The third-order valence-electron chi connectivity index (χ3n) is 2.39. The van der Waals surface area contributed by atoms with Gasteiger partial charge in [0.25, 0.3) is 0 Å². The van der Waals surface area contributed by atoms with Crippen molar-refractivity contribution in [3.63, 3.8) is 0 Å². The molecule has 0 aliphatic heterocycles. The second-order valence-corrected chi connectivity index (χ2v) is 4.16. The molecule has 0 aromatic heterocycles. The molecule has 0 saturated carbocycles. The Morgan fingerprint density at radius 1 is 0.522 bits per heavy atom. The van der Waals surface area contributed by atoms with Gasteiger partial charge in [0.2, 0.25) is 0 Å². The van der Waals surface area contributed by atoms with Gasteiger partial charge in [0, 0.05) is 0 Å². The molecule has 2 aliphatic carbocycles. The summed E-state index contributed by atoms with van der Waals surface area (Å²) in [6.07, 6.45) is 20.0. The van der Waals surface area contributed by atoms with Gasteiger partial charge >= 0.3 is 21.7 Å². The molecule has 2 aliphatic rings. The van der Waals surface area contributed by atoms with E-state index in [1.54, 1.807) is 0 Å². The zero-order valence-corrected chi connectivity index (χ0v) is 14.7. The van der Waals surface area contributed by atoms with Crippen LogP contribution in [0.4, 0.5) is 0 Å². The van der Waals surface area contributed by atoms with Gasteiger partial charge in [-0.25, -0.2) is 24.3 Å². The van der Waals surface area contributed by atoms with Gasteiger partial charge < -0.3 is 0 Å². The van der Waals surface area contributed by atoms with Gasteiger partial charge in [0.1, 0.15) is 0 Å². The first-order valence-corrected chi connectivity index (χ1v) is 7.26. The molecule has 0 fully saturated rings. The van der Waals surface area contributed by atoms with E-state index in [1.165, 1.54) is 0 Å². The van der Waals surface area contributed by atoms with Crippen molar-refractivity contribution >= 4 is 0 Å². The molecule has 0 bridgehead atoms. The van der Waals surface area contributed by atoms with Crippen LogP contribution >= 0.6 is 0 Å². The quantitative estimate of drug-likeness (QED) is 0.436. The van der Waals surface area contributed by atoms with Crippen molar-refractivity contribution in [2.45, 2.75) is 12.8 Å². The predicted molar refractivity (Wildman–Crippen MR) is 93.7 cm³/mol. The molecule has 0 radical (unpaired) electrons. The average Bonchev–Trinajstić information content (AvgIpc) is 3.37. The van der Waals surface area contributed by atoms with Crippen molar-refractivity contribution in [2.24, 2.45) is 0 Å². The van der Waals surface area contributed by atoms with Crippen molar-refractivity contribution < 1.29 is 21.7 Å². The normalized spacial score (nSPS) is 11.8. The largest absolute Gasteiger partial charge is 4.00 e. The number of benzene rings is 2. The molecule has 23 heavy (non-hydrogen) atoms. The van der Waals surface area contributed by atoms with Crippen LogP contribution in [-0.2, 0) is 21.7 Å². The van der Waals surface area contributed by atoms with Gasteiger partial charge in [0.05, 0.1) is 0 Å². The second-order valence-electron chi connectivity index (χ2n) is 4.16. The summed E-state index contributed by atoms with van der Waals surface area (Å²) < 4.78 is 0. The number of hydrogen-bond donors (Lipinski definition) is 0. The molecule has 0 spiro atoms. The summed E-state index contributed by atoms with van der Waals surface area (Å²) in [7, 11) is 0. The minimum atomic E-state index is 0. The summed E-state index contributed by atoms with van der Waals surface area (Å²) in [4.78, 5) is 0. The molecule has 1 heteroatoms. The average molecular weight is 332 g/mol. The summed E-state index contributed by atoms with van der Waals surface area (Å²) in [6.45, 7) is 0. The van der Waals surface area contributed by atoms with Gasteiger partial charge in [-0.15, -0.1) is 12.8 Å². The third kappa shape index (κ3) is 16.3. The van der Waals surface area contributed by atoms with Gasteiger partial charge in [-0.05, 0) is 0 Å². The van der Waals surface area contributed by atoms with E-state index in [2.05, 4.69) is 36.4 Å². The Kier molecular flexibility index (Phi) is 16.7. The van der Waals surface area contributed by atoms with Gasteiger partial charge in [0.15, 0.2) is 0 Å². The Morgan fingerprint density at radius 3 is 1.00 bits per heavy atom. The molecule has 4 rings (SSSR count). The van der Waals surface area contributed by atoms with Crippen molar-refractivity contribution in [1.82, 2.24) is 0 Å². The molecule has 0 unspecified atom stereocenters. The molecule has 0 saturated heterocycles. The van der Waals surface area contributed by atoms with E-state index >= 15 is 0 Å². The number of hydrogen-bond acceptors (Lipinski definition) is 0. The van der Waals surface area contributed by atoms with Crippen LogP contribution in [0, 0.1) is 24.3 Å². The molecular formula is C22H20Ti. The van der Waals surface area contributed by atoms with Gasteiger partial charge in [-0.3, -0.25) is 12.2 Å². The Labute approximate surface area is 155 Å². The fraction of sp³-hybridized carbons (Fsp3) is 0.0909. The van der Waals surface area contributed by atoms with Crippen LogP contribution in [0.25, 0.3) is 0 Å². The summed E-state index contributed by atoms with van der Waals surface area (Å²) in [6, 6.07) is 25.0. The van der Waals surface area contributed by atoms with Crippen LogP contribution in [-0.4, -0.2) is 0 Å². The second kappa shape index (κ2) is 18.2. The zero-order chi connectivity index (χ0) is 15.6. The van der Waals surface area contributed by atoms with Crippen molar-refractivity contribution in [3.8, 4) is 0 Å². The van der Waals surface area contributed by atoms with E-state index in [9.17, 15) is 0 Å². The Hall–Kier alpha value is -1.89. The van der Waals surface area contributed by atoms with E-state index in [1.807, 2.05) is 85.0 Å². The van der Waals surface area contributed by atoms with Crippen molar-refractivity contribution in [3.05, 3.63) is 121 Å². The SMILES string of the molecule is [C-]1=CC=CC1.[C-]1=CC=CC1.[Ti+4].[c-]1ccccc1.[c-]1ccccc1. The monoisotopic (exact) mass is 332 g/mol. The zero-order valence-electron chi connectivity index (χ0n) is 13.2. The first-order valence-electron chi connectivity index (χ1n) is 7.26. The molecule has 0 amide bonds. The fourth-order valence-corrected chi connectivity index (χ4v) is 1.36. The van der Waals surface area contributed by atoms with Crippen molar-refractivity contribution in [1.29, 1.82) is 0 Å². The third-order valence-corrected chi connectivity index (χ3v) is 2.39. The minimum Gasteiger partial charge on any atom is -0.273 e. The summed E-state index contributed by atoms with van der Waals surface area (Å²) in [5, 5.41) is 0. The predicted octanol–water partition coefficient (Wildman–Crippen LogP) is 5.58. The topological polar surface area (TPSA) is 0 Å². The molecule has 0 heterocycles. The van der Waals surface area contributed by atoms with Gasteiger partial charge in [-0.1, -0.05) is 0 Å². The molecular weight excluding hydrogens is 312 g/mol. The van der Waals surface area contributed by atoms with Crippen LogP contribution in [0.3, 0.4) is 0 Å². The molecule has 2 aromatic carbocycles. The van der Waals surface area contributed by atoms with Crippen LogP contribution in [0.1, 0.15) is 12.8 Å². The van der Waals surface area contributed by atoms with E-state index in [-0.39, 0.29) is 21.7 Å². The van der Waals surface area contributed by atoms with Crippen LogP contribution in [0.2, 0.25) is 0 Å². The fourth-order valence-electron chi connectivity index (χ4n) is 1.36. The van der Waals surface area contributed by atoms with E-state index in [0.29, 0.717) is 0 Å². The summed E-state index contributed by atoms with van der Waals surface area (Å²) >= 11 is 0. The summed E-state index contributed by atoms with van der Waals surface area (Å²) in [5.74, 6) is 0. The first-order chi connectivity index (χ1) is 11.0. The number of allylic oxidation sites excluding steroid dienone is 8. The van der Waals surface area contributed by atoms with Crippen LogP contribution < -0.4 is 0 Å². The smallest absolute Gasteiger partial charge is 0.273 e. The summed E-state index contributed by atoms with van der Waals surface area (Å²) in [5.41, 5.74) is 0. The molecule has 112 valence electrons. The van der Waals surface area contributed by atoms with Crippen LogP contribution in [0.5, 0.6) is 0 Å². The van der Waals surface area contributed by atoms with Crippen molar-refractivity contribution in [2.75, 3.05) is 0 Å². The molecule has 0 N–H and O–H groups in total. The maximum atomic E-state index is 2.99. The van der Waals surface area contributed by atoms with Gasteiger partial charge in [-0.2, -0.15) is 84.9 Å². The van der Waals surface area contributed by atoms with Crippen LogP contribution in [0.15, 0.2) is 97.1 Å². The molecule has 0 atom stereocenters. The molecule has 2 aromatic rings.